The predicted octanol–water partition coefficient (Wildman–Crippen LogP) is 5.18. The number of pyridine rings is 1. The first kappa shape index (κ1) is 15.0. The predicted molar refractivity (Wildman–Crippen MR) is 114 cm³/mol. The Balaban J connectivity index is 1.31. The summed E-state index contributed by atoms with van der Waals surface area (Å²) in [6.45, 7) is 0. The van der Waals surface area contributed by atoms with Gasteiger partial charge in [0.15, 0.2) is 0 Å². The Bertz CT molecular complexity index is 1400. The smallest absolute Gasteiger partial charge is 0.219 e. The van der Waals surface area contributed by atoms with Crippen LogP contribution in [0.2, 0.25) is 0 Å². The van der Waals surface area contributed by atoms with Gasteiger partial charge in [-0.05, 0) is 41.5 Å². The van der Waals surface area contributed by atoms with Gasteiger partial charge >= 0.3 is 0 Å². The van der Waals surface area contributed by atoms with E-state index in [9.17, 15) is 5.11 Å². The highest BCUT2D eigenvalue weighted by atomic mass is 16.5. The van der Waals surface area contributed by atoms with Gasteiger partial charge in [0.05, 0.1) is 0 Å². The zero-order valence-corrected chi connectivity index (χ0v) is 15.8. The van der Waals surface area contributed by atoms with Gasteiger partial charge in [-0.3, -0.25) is 0 Å². The zero-order valence-electron chi connectivity index (χ0n) is 17.8. The summed E-state index contributed by atoms with van der Waals surface area (Å²) in [4.78, 5) is 9.11. The van der Waals surface area contributed by atoms with Crippen molar-refractivity contribution in [2.45, 2.75) is 18.5 Å². The molecule has 0 bridgehead atoms. The lowest BCUT2D eigenvalue weighted by atomic mass is 10.1. The molecule has 3 aromatic carbocycles. The number of aromatic nitrogens is 1. The minimum Gasteiger partial charge on any atom is -0.506 e. The maximum Gasteiger partial charge on any atom is 0.219 e. The number of para-hydroxylation sites is 1. The Morgan fingerprint density at radius 3 is 2.87 bits per heavy atom. The maximum absolute atomic E-state index is 10.1. The van der Waals surface area contributed by atoms with Crippen LogP contribution < -0.4 is 4.74 Å². The summed E-state index contributed by atoms with van der Waals surface area (Å²) in [5.74, 6) is 1.38. The average molecular weight is 396 g/mol. The molecule has 146 valence electrons. The normalized spacial score (nSPS) is 21.8. The highest BCUT2D eigenvalue weighted by Gasteiger charge is 2.39. The van der Waals surface area contributed by atoms with Crippen LogP contribution in [0.3, 0.4) is 0 Å². The van der Waals surface area contributed by atoms with Crippen molar-refractivity contribution < 1.29 is 17.3 Å². The first-order chi connectivity index (χ1) is 15.5. The van der Waals surface area contributed by atoms with Crippen LogP contribution in [0.25, 0.3) is 10.9 Å². The molecule has 4 aromatic rings. The number of hydrogen-bond donors (Lipinski definition) is 1. The van der Waals surface area contributed by atoms with Gasteiger partial charge in [-0.25, -0.2) is 9.98 Å². The van der Waals surface area contributed by atoms with Crippen LogP contribution in [0.4, 0.5) is 0 Å². The van der Waals surface area contributed by atoms with E-state index in [-0.39, 0.29) is 11.8 Å². The molecule has 1 aliphatic heterocycles. The van der Waals surface area contributed by atoms with Gasteiger partial charge in [-0.1, -0.05) is 42.5 Å². The molecular formula is C25H18N2O3. The molecule has 2 heterocycles. The number of benzene rings is 3. The molecule has 6 rings (SSSR count). The highest BCUT2D eigenvalue weighted by Crippen LogP contribution is 2.41. The van der Waals surface area contributed by atoms with Crippen molar-refractivity contribution in [3.05, 3.63) is 95.6 Å². The van der Waals surface area contributed by atoms with Gasteiger partial charge in [0.2, 0.25) is 11.8 Å². The van der Waals surface area contributed by atoms with E-state index in [0.29, 0.717) is 34.2 Å². The lowest BCUT2D eigenvalue weighted by Crippen LogP contribution is -2.13. The number of phenols is 1. The second-order valence-corrected chi connectivity index (χ2v) is 7.28. The Labute approximate surface area is 176 Å². The second kappa shape index (κ2) is 6.59. The van der Waals surface area contributed by atoms with Gasteiger partial charge in [0.25, 0.3) is 0 Å². The SMILES string of the molecule is [2H]C1([2H])c2ccccc2[C@@H]2N=C(c3cccc(Oc4ccc5cccc(O)c5n4)c3)O[C@H]21. The summed E-state index contributed by atoms with van der Waals surface area (Å²) in [5, 5.41) is 10.9. The lowest BCUT2D eigenvalue weighted by Gasteiger charge is -2.10. The number of fused-ring (bicyclic) bond motifs is 4. The summed E-state index contributed by atoms with van der Waals surface area (Å²) < 4.78 is 29.0. The third kappa shape index (κ3) is 2.78. The molecule has 0 saturated carbocycles. The number of ether oxygens (including phenoxy) is 2. The van der Waals surface area contributed by atoms with E-state index in [1.54, 1.807) is 36.4 Å². The van der Waals surface area contributed by atoms with Crippen LogP contribution in [0, 0.1) is 0 Å². The second-order valence-electron chi connectivity index (χ2n) is 7.28. The molecule has 0 amide bonds. The van der Waals surface area contributed by atoms with Gasteiger partial charge in [-0.2, -0.15) is 0 Å². The molecular weight excluding hydrogens is 376 g/mol. The first-order valence-electron chi connectivity index (χ1n) is 10.7. The largest absolute Gasteiger partial charge is 0.506 e. The quantitative estimate of drug-likeness (QED) is 0.519. The lowest BCUT2D eigenvalue weighted by molar-refractivity contribution is 0.206. The van der Waals surface area contributed by atoms with E-state index in [1.165, 1.54) is 0 Å². The third-order valence-corrected chi connectivity index (χ3v) is 5.34. The van der Waals surface area contributed by atoms with Gasteiger partial charge in [0.1, 0.15) is 29.2 Å². The number of nitrogens with zero attached hydrogens (tertiary/aromatic N) is 2. The summed E-state index contributed by atoms with van der Waals surface area (Å²) in [7, 11) is 0. The molecule has 0 radical (unpaired) electrons. The van der Waals surface area contributed by atoms with E-state index >= 15 is 0 Å². The summed E-state index contributed by atoms with van der Waals surface area (Å²) >= 11 is 0. The number of phenolic OH excluding ortho intramolecular Hbond substituents is 1. The number of aromatic hydroxyl groups is 1. The molecule has 30 heavy (non-hydrogen) atoms. The Morgan fingerprint density at radius 2 is 1.90 bits per heavy atom. The monoisotopic (exact) mass is 396 g/mol. The van der Waals surface area contributed by atoms with Crippen LogP contribution in [-0.2, 0) is 11.1 Å². The van der Waals surface area contributed by atoms with Crippen LogP contribution in [0.15, 0.2) is 83.9 Å². The first-order valence-corrected chi connectivity index (χ1v) is 9.71. The summed E-state index contributed by atoms with van der Waals surface area (Å²) in [6, 6.07) is 23.1. The number of aliphatic imine (C=N–C) groups is 1. The zero-order chi connectivity index (χ0) is 21.9. The Hall–Kier alpha value is -3.86. The minimum absolute atomic E-state index is 0.0940. The highest BCUT2D eigenvalue weighted by molar-refractivity contribution is 5.96. The molecule has 0 unspecified atom stereocenters. The van der Waals surface area contributed by atoms with Crippen molar-refractivity contribution in [2.24, 2.45) is 4.99 Å². The van der Waals surface area contributed by atoms with Crippen LogP contribution in [0.5, 0.6) is 17.4 Å². The van der Waals surface area contributed by atoms with E-state index in [0.717, 1.165) is 10.9 Å². The molecule has 2 atom stereocenters. The third-order valence-electron chi connectivity index (χ3n) is 5.34. The van der Waals surface area contributed by atoms with E-state index in [4.69, 9.17) is 17.2 Å². The van der Waals surface area contributed by atoms with E-state index in [1.807, 2.05) is 42.5 Å². The molecule has 1 N–H and O–H groups in total. The van der Waals surface area contributed by atoms with Crippen LogP contribution >= 0.6 is 0 Å². The molecule has 2 aliphatic rings. The minimum atomic E-state index is -1.61. The Morgan fingerprint density at radius 1 is 1.00 bits per heavy atom. The summed E-state index contributed by atoms with van der Waals surface area (Å²) in [5.41, 5.74) is 2.68. The molecule has 5 heteroatoms. The standard InChI is InChI=1S/C25H18N2O3/c28-20-10-4-6-15-11-12-22(26-23(15)20)29-18-8-3-7-17(13-18)25-27-24-19-9-2-1-5-16(19)14-21(24)30-25/h1-13,21,24,28H,14H2/t21-,24-/m0/s1/i14D2. The van der Waals surface area contributed by atoms with Gasteiger partial charge in [-0.15, -0.1) is 0 Å². The van der Waals surface area contributed by atoms with Crippen molar-refractivity contribution in [1.82, 2.24) is 4.98 Å². The fraction of sp³-hybridized carbons (Fsp3) is 0.120. The molecule has 0 saturated heterocycles. The number of rotatable bonds is 3. The van der Waals surface area contributed by atoms with Crippen molar-refractivity contribution in [3.63, 3.8) is 0 Å². The van der Waals surface area contributed by atoms with Crippen molar-refractivity contribution in [3.8, 4) is 17.4 Å². The van der Waals surface area contributed by atoms with Crippen molar-refractivity contribution >= 4 is 16.8 Å². The topological polar surface area (TPSA) is 63.9 Å². The van der Waals surface area contributed by atoms with E-state index in [2.05, 4.69) is 4.98 Å². The number of hydrogen-bond acceptors (Lipinski definition) is 5. The van der Waals surface area contributed by atoms with Crippen molar-refractivity contribution in [1.29, 1.82) is 0 Å². The van der Waals surface area contributed by atoms with Crippen LogP contribution in [0.1, 0.15) is 25.5 Å². The summed E-state index contributed by atoms with van der Waals surface area (Å²) in [6.07, 6.45) is -2.30. The van der Waals surface area contributed by atoms with Crippen molar-refractivity contribution in [2.75, 3.05) is 0 Å². The molecule has 5 nitrogen and oxygen atoms in total. The molecule has 0 spiro atoms. The molecule has 1 aliphatic carbocycles. The fourth-order valence-corrected chi connectivity index (χ4v) is 3.92. The van der Waals surface area contributed by atoms with Gasteiger partial charge < -0.3 is 14.6 Å². The molecule has 0 fully saturated rings. The fourth-order valence-electron chi connectivity index (χ4n) is 3.92. The maximum atomic E-state index is 10.1. The van der Waals surface area contributed by atoms with Crippen LogP contribution in [-0.4, -0.2) is 22.1 Å². The Kier molecular flexibility index (Phi) is 3.31. The van der Waals surface area contributed by atoms with Gasteiger partial charge in [0, 0.05) is 26.1 Å². The average Bonchev–Trinajstić information content (AvgIpc) is 3.34. The van der Waals surface area contributed by atoms with E-state index < -0.39 is 12.5 Å². The molecule has 1 aromatic heterocycles.